The van der Waals surface area contributed by atoms with Crippen LogP contribution in [0.1, 0.15) is 49.9 Å². The normalized spacial score (nSPS) is 11.1. The van der Waals surface area contributed by atoms with Gasteiger partial charge >= 0.3 is 5.97 Å². The summed E-state index contributed by atoms with van der Waals surface area (Å²) in [7, 11) is 0. The van der Waals surface area contributed by atoms with Crippen LogP contribution >= 0.6 is 0 Å². The van der Waals surface area contributed by atoms with E-state index in [1.54, 1.807) is 13.8 Å². The lowest BCUT2D eigenvalue weighted by Gasteiger charge is -2.25. The molecule has 1 aromatic rings. The molecule has 1 rings (SSSR count). The van der Waals surface area contributed by atoms with Crippen LogP contribution in [0.2, 0.25) is 0 Å². The Morgan fingerprint density at radius 2 is 1.74 bits per heavy atom. The summed E-state index contributed by atoms with van der Waals surface area (Å²) >= 11 is 0. The molecule has 0 bridgehead atoms. The fourth-order valence-corrected chi connectivity index (χ4v) is 1.96. The van der Waals surface area contributed by atoms with Gasteiger partial charge in [-0.05, 0) is 38.5 Å². The van der Waals surface area contributed by atoms with Crippen LogP contribution in [0.15, 0.2) is 18.2 Å². The molecule has 1 aromatic carbocycles. The number of halogens is 2. The van der Waals surface area contributed by atoms with E-state index in [0.717, 1.165) is 18.2 Å². The molecule has 1 amide bonds. The number of carbonyl (C=O) groups excluding carboxylic acids is 2. The van der Waals surface area contributed by atoms with Gasteiger partial charge in [0.15, 0.2) is 17.4 Å². The molecule has 5 nitrogen and oxygen atoms in total. The number of carboxylic acids is 1. The lowest BCUT2D eigenvalue weighted by molar-refractivity contribution is -0.137. The molecule has 0 spiro atoms. The van der Waals surface area contributed by atoms with Crippen molar-refractivity contribution in [3.8, 4) is 0 Å². The van der Waals surface area contributed by atoms with Gasteiger partial charge in [-0.25, -0.2) is 8.78 Å². The van der Waals surface area contributed by atoms with Crippen molar-refractivity contribution in [2.45, 2.75) is 45.1 Å². The van der Waals surface area contributed by atoms with Crippen molar-refractivity contribution in [3.05, 3.63) is 35.4 Å². The summed E-state index contributed by atoms with van der Waals surface area (Å²) in [6, 6.07) is 2.82. The second-order valence-corrected chi connectivity index (χ2v) is 5.88. The molecule has 0 saturated heterocycles. The molecule has 23 heavy (non-hydrogen) atoms. The summed E-state index contributed by atoms with van der Waals surface area (Å²) in [6.07, 6.45) is -0.0908. The third-order valence-electron chi connectivity index (χ3n) is 3.26. The van der Waals surface area contributed by atoms with Crippen molar-refractivity contribution in [3.63, 3.8) is 0 Å². The second kappa shape index (κ2) is 7.80. The van der Waals surface area contributed by atoms with Gasteiger partial charge in [-0.3, -0.25) is 14.4 Å². The highest BCUT2D eigenvalue weighted by molar-refractivity contribution is 5.98. The minimum atomic E-state index is -1.12. The maximum Gasteiger partial charge on any atom is 0.303 e. The number of ketones is 1. The largest absolute Gasteiger partial charge is 0.481 e. The lowest BCUT2D eigenvalue weighted by atomic mass is 9.97. The summed E-state index contributed by atoms with van der Waals surface area (Å²) in [4.78, 5) is 34.2. The van der Waals surface area contributed by atoms with E-state index in [1.165, 1.54) is 0 Å². The quantitative estimate of drug-likeness (QED) is 0.719. The smallest absolute Gasteiger partial charge is 0.303 e. The van der Waals surface area contributed by atoms with Gasteiger partial charge in [-0.15, -0.1) is 0 Å². The van der Waals surface area contributed by atoms with Crippen molar-refractivity contribution in [1.82, 2.24) is 5.32 Å². The number of amides is 1. The molecule has 0 aliphatic heterocycles. The highest BCUT2D eigenvalue weighted by atomic mass is 19.2. The monoisotopic (exact) mass is 327 g/mol. The number of Topliss-reactive ketones (excluding diaryl/α,β-unsaturated/α-hetero) is 1. The van der Waals surface area contributed by atoms with Gasteiger partial charge < -0.3 is 10.4 Å². The van der Waals surface area contributed by atoms with Crippen LogP contribution in [-0.4, -0.2) is 28.3 Å². The standard InChI is InChI=1S/C16H19F2NO4/c1-16(2,8-7-15(22)23)19-14(21)6-5-13(20)10-3-4-11(17)12(18)9-10/h3-4,9H,5-8H2,1-2H3,(H,19,21)(H,22,23). The van der Waals surface area contributed by atoms with Crippen LogP contribution in [0.5, 0.6) is 0 Å². The van der Waals surface area contributed by atoms with E-state index in [4.69, 9.17) is 5.11 Å². The van der Waals surface area contributed by atoms with Crippen LogP contribution in [0, 0.1) is 11.6 Å². The average molecular weight is 327 g/mol. The maximum absolute atomic E-state index is 13.1. The molecule has 0 fully saturated rings. The SMILES string of the molecule is CC(C)(CCC(=O)O)NC(=O)CCC(=O)c1ccc(F)c(F)c1. The van der Waals surface area contributed by atoms with Gasteiger partial charge in [-0.2, -0.15) is 0 Å². The first-order chi connectivity index (χ1) is 10.6. The summed E-state index contributed by atoms with van der Waals surface area (Å²) in [6.45, 7) is 3.37. The molecular weight excluding hydrogens is 308 g/mol. The minimum absolute atomic E-state index is 0.00170. The lowest BCUT2D eigenvalue weighted by Crippen LogP contribution is -2.43. The van der Waals surface area contributed by atoms with Gasteiger partial charge in [0, 0.05) is 30.4 Å². The van der Waals surface area contributed by atoms with E-state index in [1.807, 2.05) is 0 Å². The van der Waals surface area contributed by atoms with Gasteiger partial charge in [0.05, 0.1) is 0 Å². The predicted octanol–water partition coefficient (Wildman–Crippen LogP) is 2.69. The van der Waals surface area contributed by atoms with Crippen molar-refractivity contribution < 1.29 is 28.3 Å². The first-order valence-corrected chi connectivity index (χ1v) is 7.12. The van der Waals surface area contributed by atoms with Crippen molar-refractivity contribution in [2.24, 2.45) is 0 Å². The third-order valence-corrected chi connectivity index (χ3v) is 3.26. The summed E-state index contributed by atoms with van der Waals surface area (Å²) in [5.74, 6) is -3.99. The van der Waals surface area contributed by atoms with Crippen molar-refractivity contribution in [2.75, 3.05) is 0 Å². The number of carbonyl (C=O) groups is 3. The third kappa shape index (κ3) is 6.54. The summed E-state index contributed by atoms with van der Waals surface area (Å²) in [5.41, 5.74) is -0.706. The first kappa shape index (κ1) is 18.7. The Kier molecular flexibility index (Phi) is 6.36. The van der Waals surface area contributed by atoms with E-state index < -0.39 is 34.8 Å². The fourth-order valence-electron chi connectivity index (χ4n) is 1.96. The van der Waals surface area contributed by atoms with Crippen LogP contribution in [-0.2, 0) is 9.59 Å². The Morgan fingerprint density at radius 1 is 1.09 bits per heavy atom. The molecule has 2 N–H and O–H groups in total. The van der Waals surface area contributed by atoms with Gasteiger partial charge in [-0.1, -0.05) is 0 Å². The van der Waals surface area contributed by atoms with E-state index in [0.29, 0.717) is 0 Å². The number of hydrogen-bond acceptors (Lipinski definition) is 3. The number of nitrogens with one attached hydrogen (secondary N) is 1. The summed E-state index contributed by atoms with van der Waals surface area (Å²) < 4.78 is 25.9. The Morgan fingerprint density at radius 3 is 2.30 bits per heavy atom. The number of benzene rings is 1. The van der Waals surface area contributed by atoms with Crippen LogP contribution in [0.4, 0.5) is 8.78 Å². The number of rotatable bonds is 8. The van der Waals surface area contributed by atoms with Gasteiger partial charge in [0.2, 0.25) is 5.91 Å². The molecule has 0 aliphatic rings. The molecule has 0 unspecified atom stereocenters. The van der Waals surface area contributed by atoms with Crippen LogP contribution in [0.3, 0.4) is 0 Å². The van der Waals surface area contributed by atoms with E-state index >= 15 is 0 Å². The van der Waals surface area contributed by atoms with Crippen molar-refractivity contribution in [1.29, 1.82) is 0 Å². The number of aliphatic carboxylic acids is 1. The van der Waals surface area contributed by atoms with Gasteiger partial charge in [0.25, 0.3) is 0 Å². The Labute approximate surface area is 132 Å². The minimum Gasteiger partial charge on any atom is -0.481 e. The highest BCUT2D eigenvalue weighted by Crippen LogP contribution is 2.14. The maximum atomic E-state index is 13.1. The fraction of sp³-hybridized carbons (Fsp3) is 0.438. The van der Waals surface area contributed by atoms with Crippen molar-refractivity contribution >= 4 is 17.7 Å². The van der Waals surface area contributed by atoms with Gasteiger partial charge in [0.1, 0.15) is 0 Å². The Balaban J connectivity index is 2.50. The summed E-state index contributed by atoms with van der Waals surface area (Å²) in [5, 5.41) is 11.3. The second-order valence-electron chi connectivity index (χ2n) is 5.88. The van der Waals surface area contributed by atoms with Crippen LogP contribution in [0.25, 0.3) is 0 Å². The molecule has 126 valence electrons. The zero-order valence-corrected chi connectivity index (χ0v) is 13.0. The van der Waals surface area contributed by atoms with E-state index in [-0.39, 0.29) is 31.2 Å². The Bertz CT molecular complexity index is 614. The molecular formula is C16H19F2NO4. The molecule has 7 heteroatoms. The Hall–Kier alpha value is -2.31. The highest BCUT2D eigenvalue weighted by Gasteiger charge is 2.22. The van der Waals surface area contributed by atoms with E-state index in [2.05, 4.69) is 5.32 Å². The number of hydrogen-bond donors (Lipinski definition) is 2. The zero-order chi connectivity index (χ0) is 17.6. The topological polar surface area (TPSA) is 83.5 Å². The molecule has 0 heterocycles. The molecule has 0 aliphatic carbocycles. The molecule has 0 saturated carbocycles. The average Bonchev–Trinajstić information content (AvgIpc) is 2.45. The number of carboxylic acid groups (broad SMARTS) is 1. The predicted molar refractivity (Wildman–Crippen MR) is 79.0 cm³/mol. The van der Waals surface area contributed by atoms with Crippen LogP contribution < -0.4 is 5.32 Å². The molecule has 0 aromatic heterocycles. The van der Waals surface area contributed by atoms with E-state index in [9.17, 15) is 23.2 Å². The molecule has 0 atom stereocenters. The zero-order valence-electron chi connectivity index (χ0n) is 13.0. The molecule has 0 radical (unpaired) electrons. The first-order valence-electron chi connectivity index (χ1n) is 7.12.